The molecule has 2 N–H and O–H groups in total. The first-order valence-corrected chi connectivity index (χ1v) is 10.4. The molecule has 1 aromatic heterocycles. The summed E-state index contributed by atoms with van der Waals surface area (Å²) in [5, 5.41) is 6.38. The molecule has 3 rings (SSSR count). The minimum atomic E-state index is -4.76. The summed E-state index contributed by atoms with van der Waals surface area (Å²) in [4.78, 5) is 10.0. The van der Waals surface area contributed by atoms with E-state index >= 15 is 0 Å². The van der Waals surface area contributed by atoms with Crippen LogP contribution in [0, 0.1) is 0 Å². The topological polar surface area (TPSA) is 59.1 Å². The second-order valence-corrected chi connectivity index (χ2v) is 7.57. The van der Waals surface area contributed by atoms with E-state index in [4.69, 9.17) is 0 Å². The zero-order valence-electron chi connectivity index (χ0n) is 16.6. The molecule has 0 aliphatic heterocycles. The Bertz CT molecular complexity index is 1010. The molecule has 0 bridgehead atoms. The summed E-state index contributed by atoms with van der Waals surface area (Å²) in [7, 11) is 0. The SMILES string of the molecule is CSc1cccc(Nc2cc(-c3cccc(OC(F)(F)F)c3)nc(NC(C)C)n2)c1. The third kappa shape index (κ3) is 6.28. The van der Waals surface area contributed by atoms with Crippen LogP contribution in [0.1, 0.15) is 13.8 Å². The van der Waals surface area contributed by atoms with E-state index in [0.29, 0.717) is 23.0 Å². The van der Waals surface area contributed by atoms with Crippen molar-refractivity contribution in [3.8, 4) is 17.0 Å². The van der Waals surface area contributed by atoms with Crippen LogP contribution in [0.4, 0.5) is 30.6 Å². The molecule has 0 unspecified atom stereocenters. The van der Waals surface area contributed by atoms with Gasteiger partial charge in [0.25, 0.3) is 0 Å². The summed E-state index contributed by atoms with van der Waals surface area (Å²) in [6, 6.07) is 15.3. The van der Waals surface area contributed by atoms with E-state index in [-0.39, 0.29) is 11.8 Å². The van der Waals surface area contributed by atoms with Crippen molar-refractivity contribution in [3.63, 3.8) is 0 Å². The third-order valence-corrected chi connectivity index (χ3v) is 4.57. The molecule has 0 fully saturated rings. The highest BCUT2D eigenvalue weighted by molar-refractivity contribution is 7.98. The van der Waals surface area contributed by atoms with Crippen molar-refractivity contribution >= 4 is 29.2 Å². The quantitative estimate of drug-likeness (QED) is 0.424. The van der Waals surface area contributed by atoms with Gasteiger partial charge in [0, 0.05) is 28.3 Å². The number of anilines is 3. The number of hydrogen-bond acceptors (Lipinski definition) is 6. The van der Waals surface area contributed by atoms with Gasteiger partial charge < -0.3 is 15.4 Å². The molecule has 0 saturated heterocycles. The van der Waals surface area contributed by atoms with Crippen molar-refractivity contribution in [1.29, 1.82) is 0 Å². The van der Waals surface area contributed by atoms with Gasteiger partial charge in [-0.05, 0) is 50.4 Å². The van der Waals surface area contributed by atoms with E-state index in [1.54, 1.807) is 23.9 Å². The molecule has 0 amide bonds. The van der Waals surface area contributed by atoms with Crippen LogP contribution in [0.3, 0.4) is 0 Å². The lowest BCUT2D eigenvalue weighted by Gasteiger charge is -2.14. The monoisotopic (exact) mass is 434 g/mol. The molecule has 0 aliphatic carbocycles. The fraction of sp³-hybridized carbons (Fsp3) is 0.238. The fourth-order valence-corrected chi connectivity index (χ4v) is 3.14. The summed E-state index contributed by atoms with van der Waals surface area (Å²) >= 11 is 1.62. The zero-order chi connectivity index (χ0) is 21.7. The van der Waals surface area contributed by atoms with E-state index in [0.717, 1.165) is 10.6 Å². The van der Waals surface area contributed by atoms with Crippen LogP contribution in [0.25, 0.3) is 11.3 Å². The van der Waals surface area contributed by atoms with Gasteiger partial charge in [-0.15, -0.1) is 24.9 Å². The van der Waals surface area contributed by atoms with Gasteiger partial charge in [-0.25, -0.2) is 4.98 Å². The van der Waals surface area contributed by atoms with E-state index in [2.05, 4.69) is 25.3 Å². The standard InChI is InChI=1S/C21H21F3N4OS/c1-13(2)25-20-27-18(14-6-4-8-16(10-14)29-21(22,23)24)12-19(28-20)26-15-7-5-9-17(11-15)30-3/h4-13H,1-3H3,(H2,25,26,27,28). The number of rotatable bonds is 7. The number of aromatic nitrogens is 2. The van der Waals surface area contributed by atoms with Gasteiger partial charge in [0.1, 0.15) is 11.6 Å². The number of halogens is 3. The Morgan fingerprint density at radius 3 is 2.47 bits per heavy atom. The van der Waals surface area contributed by atoms with Crippen LogP contribution in [0.5, 0.6) is 5.75 Å². The molecule has 1 heterocycles. The number of ether oxygens (including phenoxy) is 1. The van der Waals surface area contributed by atoms with Crippen molar-refractivity contribution in [3.05, 3.63) is 54.6 Å². The summed E-state index contributed by atoms with van der Waals surface area (Å²) in [5.74, 6) is 0.580. The molecule has 0 spiro atoms. The Labute approximate surface area is 177 Å². The Kier molecular flexibility index (Phi) is 6.71. The largest absolute Gasteiger partial charge is 0.573 e. The molecular weight excluding hydrogens is 413 g/mol. The summed E-state index contributed by atoms with van der Waals surface area (Å²) in [5.41, 5.74) is 1.78. The summed E-state index contributed by atoms with van der Waals surface area (Å²) < 4.78 is 41.8. The Balaban J connectivity index is 1.97. The highest BCUT2D eigenvalue weighted by Crippen LogP contribution is 2.30. The van der Waals surface area contributed by atoms with Crippen LogP contribution in [-0.2, 0) is 0 Å². The average Bonchev–Trinajstić information content (AvgIpc) is 2.66. The van der Waals surface area contributed by atoms with Crippen LogP contribution < -0.4 is 15.4 Å². The van der Waals surface area contributed by atoms with Gasteiger partial charge in [-0.3, -0.25) is 0 Å². The minimum absolute atomic E-state index is 0.0767. The predicted molar refractivity (Wildman–Crippen MR) is 114 cm³/mol. The predicted octanol–water partition coefficient (Wildman–Crippen LogP) is 6.33. The molecule has 0 atom stereocenters. The van der Waals surface area contributed by atoms with Gasteiger partial charge in [0.2, 0.25) is 5.95 Å². The maximum atomic E-state index is 12.6. The third-order valence-electron chi connectivity index (χ3n) is 3.85. The molecule has 9 heteroatoms. The number of benzene rings is 2. The normalized spacial score (nSPS) is 11.4. The first-order chi connectivity index (χ1) is 14.2. The zero-order valence-corrected chi connectivity index (χ0v) is 17.4. The van der Waals surface area contributed by atoms with Crippen LogP contribution >= 0.6 is 11.8 Å². The Morgan fingerprint density at radius 1 is 1.00 bits per heavy atom. The molecule has 158 valence electrons. The number of nitrogens with zero attached hydrogens (tertiary/aromatic N) is 2. The number of hydrogen-bond donors (Lipinski definition) is 2. The minimum Gasteiger partial charge on any atom is -0.406 e. The fourth-order valence-electron chi connectivity index (χ4n) is 2.68. The highest BCUT2D eigenvalue weighted by Gasteiger charge is 2.31. The first-order valence-electron chi connectivity index (χ1n) is 9.15. The average molecular weight is 434 g/mol. The molecule has 0 saturated carbocycles. The summed E-state index contributed by atoms with van der Waals surface area (Å²) in [6.45, 7) is 3.89. The molecule has 0 radical (unpaired) electrons. The smallest absolute Gasteiger partial charge is 0.406 e. The lowest BCUT2D eigenvalue weighted by molar-refractivity contribution is -0.274. The van der Waals surface area contributed by atoms with E-state index in [1.165, 1.54) is 18.2 Å². The van der Waals surface area contributed by atoms with Crippen LogP contribution in [0.15, 0.2) is 59.5 Å². The molecular formula is C21H21F3N4OS. The maximum absolute atomic E-state index is 12.6. The van der Waals surface area contributed by atoms with Gasteiger partial charge in [-0.2, -0.15) is 4.98 Å². The molecule has 2 aromatic carbocycles. The van der Waals surface area contributed by atoms with Crippen molar-refractivity contribution < 1.29 is 17.9 Å². The molecule has 30 heavy (non-hydrogen) atoms. The highest BCUT2D eigenvalue weighted by atomic mass is 32.2. The van der Waals surface area contributed by atoms with E-state index in [9.17, 15) is 13.2 Å². The second kappa shape index (κ2) is 9.25. The van der Waals surface area contributed by atoms with Gasteiger partial charge in [0.05, 0.1) is 5.69 Å². The van der Waals surface area contributed by atoms with Gasteiger partial charge in [0.15, 0.2) is 0 Å². The first kappa shape index (κ1) is 21.8. The Hall–Kier alpha value is -2.94. The van der Waals surface area contributed by atoms with Crippen molar-refractivity contribution in [2.45, 2.75) is 31.1 Å². The van der Waals surface area contributed by atoms with Crippen molar-refractivity contribution in [1.82, 2.24) is 9.97 Å². The molecule has 5 nitrogen and oxygen atoms in total. The lowest BCUT2D eigenvalue weighted by Crippen LogP contribution is -2.17. The second-order valence-electron chi connectivity index (χ2n) is 6.69. The van der Waals surface area contributed by atoms with E-state index in [1.807, 2.05) is 44.4 Å². The number of alkyl halides is 3. The molecule has 0 aliphatic rings. The van der Waals surface area contributed by atoms with Gasteiger partial charge in [-0.1, -0.05) is 18.2 Å². The molecule has 3 aromatic rings. The van der Waals surface area contributed by atoms with Crippen molar-refractivity contribution in [2.75, 3.05) is 16.9 Å². The van der Waals surface area contributed by atoms with E-state index < -0.39 is 6.36 Å². The maximum Gasteiger partial charge on any atom is 0.573 e. The van der Waals surface area contributed by atoms with Crippen LogP contribution in [-0.4, -0.2) is 28.6 Å². The number of thioether (sulfide) groups is 1. The van der Waals surface area contributed by atoms with Crippen LogP contribution in [0.2, 0.25) is 0 Å². The number of nitrogens with one attached hydrogen (secondary N) is 2. The Morgan fingerprint density at radius 2 is 1.77 bits per heavy atom. The van der Waals surface area contributed by atoms with Crippen molar-refractivity contribution in [2.24, 2.45) is 0 Å². The summed E-state index contributed by atoms with van der Waals surface area (Å²) in [6.07, 6.45) is -2.77. The van der Waals surface area contributed by atoms with Gasteiger partial charge >= 0.3 is 6.36 Å². The lowest BCUT2D eigenvalue weighted by atomic mass is 10.1.